The Kier molecular flexibility index (Phi) is 7.94. The number of ether oxygens (including phenoxy) is 3. The lowest BCUT2D eigenvalue weighted by Crippen LogP contribution is -2.65. The van der Waals surface area contributed by atoms with Gasteiger partial charge in [0.1, 0.15) is 48.8 Å². The number of nitro groups is 1. The first-order valence-electron chi connectivity index (χ1n) is 9.77. The summed E-state index contributed by atoms with van der Waals surface area (Å²) in [5, 5.41) is 83.5. The van der Waals surface area contributed by atoms with E-state index in [0.29, 0.717) is 0 Å². The summed E-state index contributed by atoms with van der Waals surface area (Å²) in [5.74, 6) is 0. The summed E-state index contributed by atoms with van der Waals surface area (Å²) in [6, 6.07) is 5.33. The van der Waals surface area contributed by atoms with Crippen LogP contribution in [-0.2, 0) is 14.2 Å². The zero-order chi connectivity index (χ0) is 23.6. The van der Waals surface area contributed by atoms with Crippen molar-refractivity contribution in [3.8, 4) is 0 Å². The summed E-state index contributed by atoms with van der Waals surface area (Å²) in [6.45, 7) is -1.39. The molecule has 8 N–H and O–H groups in total. The third-order valence-corrected chi connectivity index (χ3v) is 5.37. The van der Waals surface area contributed by atoms with Crippen LogP contribution in [0.15, 0.2) is 24.3 Å². The third-order valence-electron chi connectivity index (χ3n) is 5.37. The molecule has 2 heterocycles. The largest absolute Gasteiger partial charge is 0.394 e. The minimum atomic E-state index is -1.77. The van der Waals surface area contributed by atoms with E-state index in [1.807, 2.05) is 0 Å². The van der Waals surface area contributed by atoms with Crippen LogP contribution in [0.5, 0.6) is 0 Å². The molecule has 0 amide bonds. The van der Waals surface area contributed by atoms with E-state index >= 15 is 0 Å². The summed E-state index contributed by atoms with van der Waals surface area (Å²) >= 11 is 0. The Bertz CT molecular complexity index is 780. The van der Waals surface area contributed by atoms with Gasteiger partial charge in [0.2, 0.25) is 0 Å². The molecule has 0 spiro atoms. The zero-order valence-corrected chi connectivity index (χ0v) is 16.6. The smallest absolute Gasteiger partial charge is 0.271 e. The molecular weight excluding hydrogens is 436 g/mol. The van der Waals surface area contributed by atoms with E-state index in [1.54, 1.807) is 0 Å². The molecule has 0 aliphatic carbocycles. The topological polar surface area (TPSA) is 224 Å². The Balaban J connectivity index is 1.72. The number of nitrogens with one attached hydrogen (secondary N) is 1. The highest BCUT2D eigenvalue weighted by Gasteiger charge is 2.50. The van der Waals surface area contributed by atoms with Crippen LogP contribution in [-0.4, -0.2) is 115 Å². The van der Waals surface area contributed by atoms with Crippen molar-refractivity contribution in [2.24, 2.45) is 0 Å². The van der Waals surface area contributed by atoms with E-state index in [9.17, 15) is 45.9 Å². The van der Waals surface area contributed by atoms with Crippen molar-refractivity contribution in [2.45, 2.75) is 61.3 Å². The van der Waals surface area contributed by atoms with E-state index in [-0.39, 0.29) is 11.4 Å². The van der Waals surface area contributed by atoms with Crippen LogP contribution in [0.3, 0.4) is 0 Å². The van der Waals surface area contributed by atoms with Gasteiger partial charge in [0.25, 0.3) is 5.69 Å². The number of anilines is 1. The second-order valence-corrected chi connectivity index (χ2v) is 7.51. The van der Waals surface area contributed by atoms with Gasteiger partial charge in [-0.15, -0.1) is 0 Å². The average molecular weight is 462 g/mol. The number of non-ortho nitro benzene ring substituents is 1. The number of rotatable bonds is 7. The Hall–Kier alpha value is -1.98. The van der Waals surface area contributed by atoms with E-state index in [4.69, 9.17) is 14.2 Å². The first kappa shape index (κ1) is 24.7. The molecule has 14 nitrogen and oxygen atoms in total. The highest BCUT2D eigenvalue weighted by molar-refractivity contribution is 5.51. The number of hydrogen-bond donors (Lipinski definition) is 8. The van der Waals surface area contributed by atoms with E-state index in [2.05, 4.69) is 5.32 Å². The summed E-state index contributed by atoms with van der Waals surface area (Å²) in [5.41, 5.74) is -0.0103. The average Bonchev–Trinajstić information content (AvgIpc) is 2.78. The molecule has 3 rings (SSSR count). The van der Waals surface area contributed by atoms with E-state index < -0.39 is 79.5 Å². The summed E-state index contributed by atoms with van der Waals surface area (Å²) in [4.78, 5) is 10.3. The number of hydrogen-bond acceptors (Lipinski definition) is 13. The van der Waals surface area contributed by atoms with Crippen molar-refractivity contribution < 1.29 is 54.9 Å². The van der Waals surface area contributed by atoms with Crippen LogP contribution in [0, 0.1) is 10.1 Å². The monoisotopic (exact) mass is 462 g/mol. The minimum Gasteiger partial charge on any atom is -0.394 e. The number of aliphatic hydroxyl groups excluding tert-OH is 7. The van der Waals surface area contributed by atoms with Crippen molar-refractivity contribution in [2.75, 3.05) is 18.5 Å². The van der Waals surface area contributed by atoms with Crippen molar-refractivity contribution in [3.05, 3.63) is 34.4 Å². The lowest BCUT2D eigenvalue weighted by molar-refractivity contribution is -0.384. The van der Waals surface area contributed by atoms with Crippen LogP contribution < -0.4 is 5.32 Å². The molecule has 1 aromatic carbocycles. The molecule has 2 aliphatic heterocycles. The van der Waals surface area contributed by atoms with Crippen LogP contribution >= 0.6 is 0 Å². The molecule has 0 radical (unpaired) electrons. The molecular formula is C18H26N2O12. The maximum absolute atomic E-state index is 10.9. The number of benzene rings is 1. The van der Waals surface area contributed by atoms with Crippen LogP contribution in [0.25, 0.3) is 0 Å². The van der Waals surface area contributed by atoms with Gasteiger partial charge in [-0.05, 0) is 6.07 Å². The Morgan fingerprint density at radius 1 is 0.938 bits per heavy atom. The normalized spacial score (nSPS) is 40.1. The van der Waals surface area contributed by atoms with Crippen LogP contribution in [0.1, 0.15) is 0 Å². The van der Waals surface area contributed by atoms with Gasteiger partial charge in [-0.3, -0.25) is 10.1 Å². The van der Waals surface area contributed by atoms with Gasteiger partial charge < -0.3 is 55.3 Å². The fourth-order valence-electron chi connectivity index (χ4n) is 3.58. The van der Waals surface area contributed by atoms with Gasteiger partial charge in [0, 0.05) is 17.8 Å². The highest BCUT2D eigenvalue weighted by Crippen LogP contribution is 2.30. The molecule has 10 atom stereocenters. The van der Waals surface area contributed by atoms with Crippen LogP contribution in [0.4, 0.5) is 11.4 Å². The van der Waals surface area contributed by atoms with Crippen molar-refractivity contribution in [3.63, 3.8) is 0 Å². The number of nitro benzene ring substituents is 1. The maximum atomic E-state index is 10.9. The summed E-state index contributed by atoms with van der Waals surface area (Å²) in [7, 11) is 0. The fourth-order valence-corrected chi connectivity index (χ4v) is 3.58. The molecule has 14 heteroatoms. The van der Waals surface area contributed by atoms with Gasteiger partial charge in [-0.25, -0.2) is 0 Å². The van der Waals surface area contributed by atoms with Crippen molar-refractivity contribution in [1.29, 1.82) is 0 Å². The maximum Gasteiger partial charge on any atom is 0.271 e. The number of aliphatic hydroxyl groups is 7. The molecule has 0 unspecified atom stereocenters. The first-order valence-corrected chi connectivity index (χ1v) is 9.77. The van der Waals surface area contributed by atoms with Gasteiger partial charge in [0.05, 0.1) is 18.1 Å². The predicted molar refractivity (Wildman–Crippen MR) is 103 cm³/mol. The lowest BCUT2D eigenvalue weighted by atomic mass is 9.96. The van der Waals surface area contributed by atoms with Crippen molar-refractivity contribution in [1.82, 2.24) is 0 Å². The molecule has 0 bridgehead atoms. The summed E-state index contributed by atoms with van der Waals surface area (Å²) in [6.07, 6.45) is -15.3. The highest BCUT2D eigenvalue weighted by atomic mass is 16.7. The lowest BCUT2D eigenvalue weighted by Gasteiger charge is -2.46. The minimum absolute atomic E-state index is 0.209. The van der Waals surface area contributed by atoms with E-state index in [1.165, 1.54) is 24.3 Å². The molecule has 0 saturated carbocycles. The van der Waals surface area contributed by atoms with Gasteiger partial charge in [0.15, 0.2) is 12.5 Å². The van der Waals surface area contributed by atoms with Gasteiger partial charge in [-0.2, -0.15) is 0 Å². The molecule has 180 valence electrons. The Labute approximate surface area is 181 Å². The molecule has 32 heavy (non-hydrogen) atoms. The Morgan fingerprint density at radius 3 is 2.25 bits per heavy atom. The molecule has 2 aliphatic rings. The van der Waals surface area contributed by atoms with Crippen LogP contribution in [0.2, 0.25) is 0 Å². The predicted octanol–water partition coefficient (Wildman–Crippen LogP) is -3.37. The molecule has 0 aromatic heterocycles. The SMILES string of the molecule is O=[N+]([O-])c1cccc(N[C@@H]2O[C@@H](CO)[C@@H](O[C@H]3O[C@@H](CO)[C@@H](O)[C@@H](O)[C@H]3O)[C@@H](O)[C@H]2O)c1. The third kappa shape index (κ3) is 4.99. The molecule has 2 saturated heterocycles. The van der Waals surface area contributed by atoms with E-state index in [0.717, 1.165) is 0 Å². The first-order chi connectivity index (χ1) is 15.2. The van der Waals surface area contributed by atoms with Gasteiger partial charge in [-0.1, -0.05) is 6.07 Å². The molecule has 2 fully saturated rings. The second kappa shape index (κ2) is 10.3. The Morgan fingerprint density at radius 2 is 1.62 bits per heavy atom. The molecule has 1 aromatic rings. The fraction of sp³-hybridized carbons (Fsp3) is 0.667. The quantitative estimate of drug-likeness (QED) is 0.146. The van der Waals surface area contributed by atoms with Gasteiger partial charge >= 0.3 is 0 Å². The van der Waals surface area contributed by atoms with Crippen molar-refractivity contribution >= 4 is 11.4 Å². The second-order valence-electron chi connectivity index (χ2n) is 7.51. The number of nitrogens with zero attached hydrogens (tertiary/aromatic N) is 1. The zero-order valence-electron chi connectivity index (χ0n) is 16.6. The summed E-state index contributed by atoms with van der Waals surface area (Å²) < 4.78 is 16.2. The standard InChI is InChI=1S/C18H26N2O12/c21-5-9-11(23)12(24)15(27)18(31-9)32-16-10(6-22)30-17(14(26)13(16)25)19-7-2-1-3-8(4-7)20(28)29/h1-4,9-19,21-27H,5-6H2/t9-,10-,11+,12+,13-,14+,15+,16+,17+,18+/m0/s1.